The summed E-state index contributed by atoms with van der Waals surface area (Å²) < 4.78 is 0. The number of nitrogens with one attached hydrogen (secondary N) is 1. The lowest BCUT2D eigenvalue weighted by molar-refractivity contribution is -0.384. The van der Waals surface area contributed by atoms with Gasteiger partial charge in [-0.3, -0.25) is 14.9 Å². The van der Waals surface area contributed by atoms with Gasteiger partial charge in [-0.05, 0) is 25.5 Å². The summed E-state index contributed by atoms with van der Waals surface area (Å²) in [6, 6.07) is 4.64. The fourth-order valence-corrected chi connectivity index (χ4v) is 2.29. The number of aryl methyl sites for hydroxylation is 1. The summed E-state index contributed by atoms with van der Waals surface area (Å²) >= 11 is 0. The number of carbonyl (C=O) groups excluding carboxylic acids is 1. The Morgan fingerprint density at radius 2 is 2.20 bits per heavy atom. The van der Waals surface area contributed by atoms with Crippen LogP contribution in [0.25, 0.3) is 0 Å². The molecule has 0 spiro atoms. The Balaban J connectivity index is 0.00000200. The van der Waals surface area contributed by atoms with Gasteiger partial charge in [0.25, 0.3) is 11.6 Å². The van der Waals surface area contributed by atoms with E-state index in [0.29, 0.717) is 24.2 Å². The van der Waals surface area contributed by atoms with E-state index in [1.54, 1.807) is 17.9 Å². The van der Waals surface area contributed by atoms with Crippen LogP contribution in [0.2, 0.25) is 0 Å². The Kier molecular flexibility index (Phi) is 5.47. The van der Waals surface area contributed by atoms with Crippen molar-refractivity contribution in [1.29, 1.82) is 0 Å². The van der Waals surface area contributed by atoms with E-state index >= 15 is 0 Å². The van der Waals surface area contributed by atoms with Crippen molar-refractivity contribution in [3.8, 4) is 0 Å². The molecule has 1 fully saturated rings. The maximum Gasteiger partial charge on any atom is 0.269 e. The van der Waals surface area contributed by atoms with Crippen molar-refractivity contribution in [3.63, 3.8) is 0 Å². The molecule has 1 N–H and O–H groups in total. The minimum Gasteiger partial charge on any atom is -0.336 e. The Morgan fingerprint density at radius 1 is 1.50 bits per heavy atom. The number of nitrogens with zero attached hydrogens (tertiary/aromatic N) is 2. The number of halogens is 1. The predicted octanol–water partition coefficient (Wildman–Crippen LogP) is 1.76. The zero-order valence-corrected chi connectivity index (χ0v) is 12.3. The first-order valence-corrected chi connectivity index (χ1v) is 6.26. The van der Waals surface area contributed by atoms with Gasteiger partial charge >= 0.3 is 0 Å². The van der Waals surface area contributed by atoms with E-state index in [4.69, 9.17) is 0 Å². The molecule has 6 nitrogen and oxygen atoms in total. The van der Waals surface area contributed by atoms with Crippen LogP contribution in [-0.4, -0.2) is 41.4 Å². The molecule has 110 valence electrons. The summed E-state index contributed by atoms with van der Waals surface area (Å²) in [5, 5.41) is 14.0. The van der Waals surface area contributed by atoms with Crippen LogP contribution >= 0.6 is 12.4 Å². The minimum atomic E-state index is -0.450. The Hall–Kier alpha value is -1.66. The fourth-order valence-electron chi connectivity index (χ4n) is 2.29. The van der Waals surface area contributed by atoms with E-state index in [0.717, 1.165) is 6.54 Å². The number of nitro benzene ring substituents is 1. The number of nitro groups is 1. The highest BCUT2D eigenvalue weighted by atomic mass is 35.5. The van der Waals surface area contributed by atoms with Crippen molar-refractivity contribution in [2.45, 2.75) is 19.9 Å². The summed E-state index contributed by atoms with van der Waals surface area (Å²) in [4.78, 5) is 24.4. The molecule has 20 heavy (non-hydrogen) atoms. The van der Waals surface area contributed by atoms with Crippen molar-refractivity contribution in [3.05, 3.63) is 39.4 Å². The van der Waals surface area contributed by atoms with Crippen LogP contribution in [-0.2, 0) is 0 Å². The molecule has 1 saturated heterocycles. The van der Waals surface area contributed by atoms with Crippen LogP contribution in [0.3, 0.4) is 0 Å². The maximum atomic E-state index is 12.4. The Morgan fingerprint density at radius 3 is 2.75 bits per heavy atom. The second-order valence-electron chi connectivity index (χ2n) is 4.86. The molecular weight excluding hydrogens is 282 g/mol. The molecule has 0 aliphatic carbocycles. The highest BCUT2D eigenvalue weighted by Crippen LogP contribution is 2.19. The molecule has 0 bridgehead atoms. The second kappa shape index (κ2) is 6.67. The molecule has 7 heteroatoms. The molecule has 1 heterocycles. The third-order valence-electron chi connectivity index (χ3n) is 3.31. The summed E-state index contributed by atoms with van der Waals surface area (Å²) in [6.07, 6.45) is 0. The van der Waals surface area contributed by atoms with Gasteiger partial charge in [0, 0.05) is 43.4 Å². The highest BCUT2D eigenvalue weighted by Gasteiger charge is 2.23. The fraction of sp³-hybridized carbons (Fsp3) is 0.462. The zero-order valence-electron chi connectivity index (χ0n) is 11.5. The molecule has 0 radical (unpaired) electrons. The third kappa shape index (κ3) is 3.46. The number of hydrogen-bond donors (Lipinski definition) is 1. The molecule has 1 amide bonds. The highest BCUT2D eigenvalue weighted by molar-refractivity contribution is 5.96. The summed E-state index contributed by atoms with van der Waals surface area (Å²) in [5.74, 6) is -0.0549. The number of carbonyl (C=O) groups is 1. The predicted molar refractivity (Wildman–Crippen MR) is 78.4 cm³/mol. The van der Waals surface area contributed by atoms with E-state index < -0.39 is 4.92 Å². The number of benzene rings is 1. The van der Waals surface area contributed by atoms with Gasteiger partial charge in [0.2, 0.25) is 0 Å². The second-order valence-corrected chi connectivity index (χ2v) is 4.86. The van der Waals surface area contributed by atoms with Crippen molar-refractivity contribution < 1.29 is 9.72 Å². The van der Waals surface area contributed by atoms with Crippen molar-refractivity contribution in [2.75, 3.05) is 19.6 Å². The summed E-state index contributed by atoms with van der Waals surface area (Å²) in [6.45, 7) is 5.86. The molecule has 0 aromatic heterocycles. The zero-order chi connectivity index (χ0) is 14.0. The number of non-ortho nitro benzene ring substituents is 1. The molecule has 1 aromatic rings. The van der Waals surface area contributed by atoms with Gasteiger partial charge in [-0.15, -0.1) is 12.4 Å². The Bertz CT molecular complexity index is 522. The van der Waals surface area contributed by atoms with Gasteiger partial charge in [-0.25, -0.2) is 0 Å². The third-order valence-corrected chi connectivity index (χ3v) is 3.31. The van der Waals surface area contributed by atoms with E-state index in [1.165, 1.54) is 12.1 Å². The van der Waals surface area contributed by atoms with Crippen LogP contribution in [0.1, 0.15) is 22.8 Å². The van der Waals surface area contributed by atoms with Crippen molar-refractivity contribution in [2.24, 2.45) is 0 Å². The number of piperazine rings is 1. The van der Waals surface area contributed by atoms with E-state index in [2.05, 4.69) is 5.32 Å². The monoisotopic (exact) mass is 299 g/mol. The smallest absolute Gasteiger partial charge is 0.269 e. The van der Waals surface area contributed by atoms with Crippen LogP contribution in [0, 0.1) is 17.0 Å². The summed E-state index contributed by atoms with van der Waals surface area (Å²) in [7, 11) is 0. The molecule has 1 aliphatic rings. The van der Waals surface area contributed by atoms with Crippen molar-refractivity contribution >= 4 is 24.0 Å². The average molecular weight is 300 g/mol. The van der Waals surface area contributed by atoms with Gasteiger partial charge < -0.3 is 10.2 Å². The molecule has 2 rings (SSSR count). The standard InChI is InChI=1S/C13H17N3O3.ClH/c1-9-7-11(16(18)19)3-4-12(9)13(17)15-6-5-14-10(2)8-15;/h3-4,7,10,14H,5-6,8H2,1-2H3;1H/t10-;/m0./s1. The lowest BCUT2D eigenvalue weighted by Crippen LogP contribution is -2.51. The molecule has 1 aromatic carbocycles. The molecule has 1 aliphatic heterocycles. The van der Waals surface area contributed by atoms with Gasteiger partial charge in [-0.1, -0.05) is 0 Å². The molecule has 1 atom stereocenters. The largest absolute Gasteiger partial charge is 0.336 e. The van der Waals surface area contributed by atoms with Crippen LogP contribution in [0.5, 0.6) is 0 Å². The quantitative estimate of drug-likeness (QED) is 0.667. The van der Waals surface area contributed by atoms with Crippen LogP contribution in [0.4, 0.5) is 5.69 Å². The first kappa shape index (κ1) is 16.4. The minimum absolute atomic E-state index is 0. The number of amides is 1. The van der Waals surface area contributed by atoms with Crippen LogP contribution in [0.15, 0.2) is 18.2 Å². The Labute approximate surface area is 123 Å². The lowest BCUT2D eigenvalue weighted by atomic mass is 10.1. The van der Waals surface area contributed by atoms with Gasteiger partial charge in [0.15, 0.2) is 0 Å². The lowest BCUT2D eigenvalue weighted by Gasteiger charge is -2.32. The topological polar surface area (TPSA) is 75.5 Å². The number of hydrogen-bond acceptors (Lipinski definition) is 4. The van der Waals surface area contributed by atoms with Crippen LogP contribution < -0.4 is 5.32 Å². The normalized spacial score (nSPS) is 18.3. The molecular formula is C13H18ClN3O3. The van der Waals surface area contributed by atoms with E-state index in [9.17, 15) is 14.9 Å². The molecule has 0 saturated carbocycles. The van der Waals surface area contributed by atoms with E-state index in [-0.39, 0.29) is 30.0 Å². The van der Waals surface area contributed by atoms with Gasteiger partial charge in [-0.2, -0.15) is 0 Å². The van der Waals surface area contributed by atoms with E-state index in [1.807, 2.05) is 6.92 Å². The van der Waals surface area contributed by atoms with Gasteiger partial charge in [0.05, 0.1) is 4.92 Å². The summed E-state index contributed by atoms with van der Waals surface area (Å²) in [5.41, 5.74) is 1.20. The van der Waals surface area contributed by atoms with Crippen molar-refractivity contribution in [1.82, 2.24) is 10.2 Å². The molecule has 0 unspecified atom stereocenters. The number of rotatable bonds is 2. The first-order chi connectivity index (χ1) is 8.99. The first-order valence-electron chi connectivity index (χ1n) is 6.26. The maximum absolute atomic E-state index is 12.4. The average Bonchev–Trinajstić information content (AvgIpc) is 2.37. The SMILES string of the molecule is Cc1cc([N+](=O)[O-])ccc1C(=O)N1CCN[C@@H](C)C1.Cl. The van der Waals surface area contributed by atoms with Gasteiger partial charge in [0.1, 0.15) is 0 Å².